The third-order valence-electron chi connectivity index (χ3n) is 4.94. The van der Waals surface area contributed by atoms with Gasteiger partial charge in [0, 0.05) is 32.7 Å². The quantitative estimate of drug-likeness (QED) is 0.740. The summed E-state index contributed by atoms with van der Waals surface area (Å²) in [5.41, 5.74) is 2.43. The monoisotopic (exact) mass is 407 g/mol. The van der Waals surface area contributed by atoms with Gasteiger partial charge in [0.2, 0.25) is 10.0 Å². The minimum absolute atomic E-state index is 0. The van der Waals surface area contributed by atoms with Gasteiger partial charge in [0.05, 0.1) is 4.90 Å². The van der Waals surface area contributed by atoms with Gasteiger partial charge < -0.3 is 12.4 Å². The Morgan fingerprint density at radius 3 is 1.93 bits per heavy atom. The van der Waals surface area contributed by atoms with E-state index in [-0.39, 0.29) is 17.8 Å². The van der Waals surface area contributed by atoms with E-state index in [1.807, 2.05) is 30.3 Å². The zero-order chi connectivity index (χ0) is 18.8. The summed E-state index contributed by atoms with van der Waals surface area (Å²) in [6, 6.07) is 17.7. The summed E-state index contributed by atoms with van der Waals surface area (Å²) in [5, 5.41) is 0. The second-order valence-corrected chi connectivity index (χ2v) is 9.88. The van der Waals surface area contributed by atoms with Crippen LogP contribution in [0.15, 0.2) is 59.5 Å². The van der Waals surface area contributed by atoms with Crippen LogP contribution in [0.4, 0.5) is 0 Å². The Bertz CT molecular complexity index is 823. The lowest BCUT2D eigenvalue weighted by atomic mass is 9.87. The minimum atomic E-state index is -3.41. The molecule has 1 aliphatic heterocycles. The maximum absolute atomic E-state index is 12.9. The van der Waals surface area contributed by atoms with Crippen molar-refractivity contribution < 1.29 is 20.8 Å². The average Bonchev–Trinajstić information content (AvgIpc) is 2.62. The molecule has 1 heterocycles. The molecular weight excluding hydrogens is 380 g/mol. The van der Waals surface area contributed by atoms with Crippen LogP contribution in [0.5, 0.6) is 0 Å². The van der Waals surface area contributed by atoms with Gasteiger partial charge in [-0.05, 0) is 28.7 Å². The van der Waals surface area contributed by atoms with Crippen LogP contribution in [0.3, 0.4) is 0 Å². The number of piperazine rings is 1. The predicted molar refractivity (Wildman–Crippen MR) is 106 cm³/mol. The molecule has 0 amide bonds. The molecule has 148 valence electrons. The van der Waals surface area contributed by atoms with Gasteiger partial charge in [-0.25, -0.2) is 8.42 Å². The van der Waals surface area contributed by atoms with E-state index in [9.17, 15) is 8.42 Å². The highest BCUT2D eigenvalue weighted by Gasteiger charge is 2.28. The van der Waals surface area contributed by atoms with E-state index in [2.05, 4.69) is 37.8 Å². The molecule has 4 nitrogen and oxygen atoms in total. The van der Waals surface area contributed by atoms with Crippen molar-refractivity contribution >= 4 is 10.0 Å². The van der Waals surface area contributed by atoms with E-state index in [1.165, 1.54) is 5.56 Å². The smallest absolute Gasteiger partial charge is 0.243 e. The summed E-state index contributed by atoms with van der Waals surface area (Å²) in [4.78, 5) is 2.70. The molecule has 0 aromatic heterocycles. The maximum atomic E-state index is 12.9. The Kier molecular flexibility index (Phi) is 7.09. The van der Waals surface area contributed by atoms with Crippen LogP contribution in [-0.4, -0.2) is 43.8 Å². The van der Waals surface area contributed by atoms with Gasteiger partial charge in [0.15, 0.2) is 0 Å². The summed E-state index contributed by atoms with van der Waals surface area (Å²) in [5.74, 6) is 0. The molecule has 0 spiro atoms. The van der Waals surface area contributed by atoms with Gasteiger partial charge in [0.1, 0.15) is 0 Å². The van der Waals surface area contributed by atoms with Gasteiger partial charge >= 0.3 is 0 Å². The molecule has 6 heteroatoms. The lowest BCUT2D eigenvalue weighted by molar-refractivity contribution is -0.00000843. The Balaban J connectivity index is 0.00000261. The molecule has 1 aliphatic rings. The fraction of sp³-hybridized carbons (Fsp3) is 0.429. The Morgan fingerprint density at radius 2 is 1.41 bits per heavy atom. The molecule has 0 radical (unpaired) electrons. The SMILES string of the molecule is CC(C)(C)c1ccc(S(=O)(=O)N2CCN(Cc3ccccc3)CC2)cc1.[Cl-]. The van der Waals surface area contributed by atoms with E-state index in [4.69, 9.17) is 0 Å². The summed E-state index contributed by atoms with van der Waals surface area (Å²) in [6.07, 6.45) is 0. The number of hydrogen-bond donors (Lipinski definition) is 0. The molecule has 0 bridgehead atoms. The first-order chi connectivity index (χ1) is 12.3. The third-order valence-corrected chi connectivity index (χ3v) is 6.85. The molecule has 0 saturated carbocycles. The number of hydrogen-bond acceptors (Lipinski definition) is 3. The summed E-state index contributed by atoms with van der Waals surface area (Å²) in [7, 11) is -3.41. The molecule has 2 aromatic carbocycles. The zero-order valence-electron chi connectivity index (χ0n) is 16.2. The predicted octanol–water partition coefficient (Wildman–Crippen LogP) is 0.495. The second-order valence-electron chi connectivity index (χ2n) is 7.94. The highest BCUT2D eigenvalue weighted by Crippen LogP contribution is 2.25. The Hall–Kier alpha value is -1.40. The van der Waals surface area contributed by atoms with E-state index < -0.39 is 10.0 Å². The minimum Gasteiger partial charge on any atom is -1.00 e. The molecule has 0 aliphatic carbocycles. The number of rotatable bonds is 4. The van der Waals surface area contributed by atoms with Crippen molar-refractivity contribution in [3.05, 3.63) is 65.7 Å². The van der Waals surface area contributed by atoms with Gasteiger partial charge in [0.25, 0.3) is 0 Å². The molecule has 1 saturated heterocycles. The van der Waals surface area contributed by atoms with Crippen LogP contribution in [0.1, 0.15) is 31.9 Å². The largest absolute Gasteiger partial charge is 1.00 e. The van der Waals surface area contributed by atoms with Gasteiger partial charge in [-0.1, -0.05) is 63.2 Å². The molecule has 0 atom stereocenters. The zero-order valence-corrected chi connectivity index (χ0v) is 17.8. The first-order valence-corrected chi connectivity index (χ1v) is 10.6. The van der Waals surface area contributed by atoms with Crippen LogP contribution in [-0.2, 0) is 22.0 Å². The standard InChI is InChI=1S/C21H28N2O2S.ClH/c1-21(2,3)19-9-11-20(12-10-19)26(24,25)23-15-13-22(14-16-23)17-18-7-5-4-6-8-18;/h4-12H,13-17H2,1-3H3;1H/p-1. The molecule has 1 fully saturated rings. The maximum Gasteiger partial charge on any atom is 0.243 e. The van der Waals surface area contributed by atoms with Crippen LogP contribution >= 0.6 is 0 Å². The first kappa shape index (κ1) is 21.9. The summed E-state index contributed by atoms with van der Waals surface area (Å²) >= 11 is 0. The highest BCUT2D eigenvalue weighted by atomic mass is 35.5. The molecule has 2 aromatic rings. The fourth-order valence-corrected chi connectivity index (χ4v) is 4.67. The Labute approximate surface area is 169 Å². The van der Waals surface area contributed by atoms with Crippen molar-refractivity contribution in [2.45, 2.75) is 37.6 Å². The molecule has 3 rings (SSSR count). The van der Waals surface area contributed by atoms with Crippen LogP contribution in [0.25, 0.3) is 0 Å². The van der Waals surface area contributed by atoms with E-state index in [0.29, 0.717) is 18.0 Å². The molecule has 0 N–H and O–H groups in total. The number of nitrogens with zero attached hydrogens (tertiary/aromatic N) is 2. The third kappa shape index (κ3) is 5.32. The first-order valence-electron chi connectivity index (χ1n) is 9.14. The van der Waals surface area contributed by atoms with Gasteiger partial charge in [-0.2, -0.15) is 4.31 Å². The van der Waals surface area contributed by atoms with Crippen LogP contribution in [0, 0.1) is 0 Å². The molecule has 27 heavy (non-hydrogen) atoms. The van der Waals surface area contributed by atoms with Gasteiger partial charge in [-0.3, -0.25) is 4.90 Å². The van der Waals surface area contributed by atoms with E-state index in [0.717, 1.165) is 25.2 Å². The van der Waals surface area contributed by atoms with Gasteiger partial charge in [-0.15, -0.1) is 0 Å². The van der Waals surface area contributed by atoms with E-state index >= 15 is 0 Å². The lowest BCUT2D eigenvalue weighted by Crippen LogP contribution is -3.00. The number of benzene rings is 2. The Morgan fingerprint density at radius 1 is 0.852 bits per heavy atom. The van der Waals surface area contributed by atoms with Crippen LogP contribution in [0.2, 0.25) is 0 Å². The fourth-order valence-electron chi connectivity index (χ4n) is 3.25. The van der Waals surface area contributed by atoms with Crippen molar-refractivity contribution in [3.8, 4) is 0 Å². The van der Waals surface area contributed by atoms with Crippen molar-refractivity contribution in [1.82, 2.24) is 9.21 Å². The highest BCUT2D eigenvalue weighted by molar-refractivity contribution is 7.89. The topological polar surface area (TPSA) is 40.6 Å². The van der Waals surface area contributed by atoms with Crippen molar-refractivity contribution in [1.29, 1.82) is 0 Å². The second kappa shape index (κ2) is 8.74. The normalized spacial score (nSPS) is 16.7. The average molecular weight is 408 g/mol. The van der Waals surface area contributed by atoms with Crippen molar-refractivity contribution in [2.24, 2.45) is 0 Å². The summed E-state index contributed by atoms with van der Waals surface area (Å²) in [6.45, 7) is 9.84. The molecule has 0 unspecified atom stereocenters. The van der Waals surface area contributed by atoms with Crippen LogP contribution < -0.4 is 12.4 Å². The van der Waals surface area contributed by atoms with Crippen molar-refractivity contribution in [3.63, 3.8) is 0 Å². The lowest BCUT2D eigenvalue weighted by Gasteiger charge is -2.34. The van der Waals surface area contributed by atoms with Crippen molar-refractivity contribution in [2.75, 3.05) is 26.2 Å². The number of sulfonamides is 1. The number of halogens is 1. The van der Waals surface area contributed by atoms with E-state index in [1.54, 1.807) is 16.4 Å². The molecular formula is C21H28ClN2O2S-. The summed E-state index contributed by atoms with van der Waals surface area (Å²) < 4.78 is 27.5.